The van der Waals surface area contributed by atoms with Crippen molar-refractivity contribution in [3.8, 4) is 0 Å². The van der Waals surface area contributed by atoms with E-state index in [1.807, 2.05) is 36.0 Å². The van der Waals surface area contributed by atoms with Crippen LogP contribution < -0.4 is 5.32 Å². The molecule has 0 unspecified atom stereocenters. The second-order valence-electron chi connectivity index (χ2n) is 5.53. The number of hydrogen-bond acceptors (Lipinski definition) is 4. The summed E-state index contributed by atoms with van der Waals surface area (Å²) in [5, 5.41) is 3.00. The van der Waals surface area contributed by atoms with E-state index in [0.717, 1.165) is 12.2 Å². The molecule has 6 nitrogen and oxygen atoms in total. The molecule has 2 heterocycles. The molecule has 1 aromatic heterocycles. The number of urea groups is 1. The van der Waals surface area contributed by atoms with Gasteiger partial charge in [0, 0.05) is 19.6 Å². The average Bonchev–Trinajstić information content (AvgIpc) is 3.01. The van der Waals surface area contributed by atoms with Gasteiger partial charge in [-0.2, -0.15) is 0 Å². The Morgan fingerprint density at radius 1 is 1.57 bits per heavy atom. The van der Waals surface area contributed by atoms with E-state index in [0.29, 0.717) is 26.2 Å². The Balaban J connectivity index is 1.87. The quantitative estimate of drug-likeness (QED) is 0.898. The normalized spacial score (nSPS) is 20.6. The van der Waals surface area contributed by atoms with Gasteiger partial charge in [-0.15, -0.1) is 0 Å². The third kappa shape index (κ3) is 4.22. The molecule has 0 spiro atoms. The fourth-order valence-electron chi connectivity index (χ4n) is 2.47. The molecule has 1 fully saturated rings. The lowest BCUT2D eigenvalue weighted by Crippen LogP contribution is -2.50. The molecule has 21 heavy (non-hydrogen) atoms. The first-order valence-corrected chi connectivity index (χ1v) is 7.46. The standard InChI is InChI=1S/C15H25N3O3/c1-4-12-11-18(7-9-20-12)15(19)16-10-13(17(2)3)14-6-5-8-21-14/h5-6,8,12-13H,4,7,9-11H2,1-3H3,(H,16,19)/t12-,13+/m1/s1. The van der Waals surface area contributed by atoms with E-state index in [1.54, 1.807) is 6.26 Å². The SMILES string of the molecule is CC[C@@H]1CN(C(=O)NC[C@@H](c2ccco2)N(C)C)CCO1. The van der Waals surface area contributed by atoms with Gasteiger partial charge in [-0.1, -0.05) is 6.92 Å². The van der Waals surface area contributed by atoms with Gasteiger partial charge < -0.3 is 19.4 Å². The van der Waals surface area contributed by atoms with Crippen LogP contribution in [0.5, 0.6) is 0 Å². The van der Waals surface area contributed by atoms with Gasteiger partial charge >= 0.3 is 6.03 Å². The molecule has 0 radical (unpaired) electrons. The highest BCUT2D eigenvalue weighted by molar-refractivity contribution is 5.74. The van der Waals surface area contributed by atoms with Gasteiger partial charge in [-0.05, 0) is 32.6 Å². The van der Waals surface area contributed by atoms with E-state index in [4.69, 9.17) is 9.15 Å². The number of likely N-dealkylation sites (N-methyl/N-ethyl adjacent to an activating group) is 1. The molecule has 1 saturated heterocycles. The second kappa shape index (κ2) is 7.47. The number of ether oxygens (including phenoxy) is 1. The van der Waals surface area contributed by atoms with Crippen molar-refractivity contribution in [2.45, 2.75) is 25.5 Å². The predicted octanol–water partition coefficient (Wildman–Crippen LogP) is 1.70. The lowest BCUT2D eigenvalue weighted by Gasteiger charge is -2.33. The summed E-state index contributed by atoms with van der Waals surface area (Å²) in [6, 6.07) is 3.79. The lowest BCUT2D eigenvalue weighted by molar-refractivity contribution is -0.0155. The lowest BCUT2D eigenvalue weighted by atomic mass is 10.2. The third-order valence-corrected chi connectivity index (χ3v) is 3.82. The number of amides is 2. The average molecular weight is 295 g/mol. The van der Waals surface area contributed by atoms with Crippen LogP contribution in [0.4, 0.5) is 4.79 Å². The summed E-state index contributed by atoms with van der Waals surface area (Å²) in [6.07, 6.45) is 2.73. The highest BCUT2D eigenvalue weighted by Gasteiger charge is 2.24. The smallest absolute Gasteiger partial charge is 0.317 e. The van der Waals surface area contributed by atoms with Crippen LogP contribution >= 0.6 is 0 Å². The molecule has 6 heteroatoms. The van der Waals surface area contributed by atoms with E-state index in [1.165, 1.54) is 0 Å². The summed E-state index contributed by atoms with van der Waals surface area (Å²) in [5.74, 6) is 0.855. The summed E-state index contributed by atoms with van der Waals surface area (Å²) in [4.78, 5) is 16.1. The number of rotatable bonds is 5. The molecular weight excluding hydrogens is 270 g/mol. The summed E-state index contributed by atoms with van der Waals surface area (Å²) >= 11 is 0. The monoisotopic (exact) mass is 295 g/mol. The van der Waals surface area contributed by atoms with Gasteiger partial charge in [0.15, 0.2) is 0 Å². The van der Waals surface area contributed by atoms with E-state index < -0.39 is 0 Å². The number of carbonyl (C=O) groups is 1. The summed E-state index contributed by atoms with van der Waals surface area (Å²) < 4.78 is 11.0. The zero-order valence-electron chi connectivity index (χ0n) is 13.0. The molecule has 0 saturated carbocycles. The van der Waals surface area contributed by atoms with Crippen molar-refractivity contribution in [1.82, 2.24) is 15.1 Å². The fraction of sp³-hybridized carbons (Fsp3) is 0.667. The van der Waals surface area contributed by atoms with Gasteiger partial charge in [-0.3, -0.25) is 4.90 Å². The van der Waals surface area contributed by atoms with E-state index in [9.17, 15) is 4.79 Å². The van der Waals surface area contributed by atoms with Crippen molar-refractivity contribution >= 4 is 6.03 Å². The number of carbonyl (C=O) groups excluding carboxylic acids is 1. The van der Waals surface area contributed by atoms with Gasteiger partial charge in [0.1, 0.15) is 5.76 Å². The molecule has 1 N–H and O–H groups in total. The van der Waals surface area contributed by atoms with E-state index in [2.05, 4.69) is 12.2 Å². The topological polar surface area (TPSA) is 58.0 Å². The number of hydrogen-bond donors (Lipinski definition) is 1. The Labute approximate surface area is 126 Å². The van der Waals surface area contributed by atoms with E-state index in [-0.39, 0.29) is 18.2 Å². The largest absolute Gasteiger partial charge is 0.468 e. The zero-order valence-corrected chi connectivity index (χ0v) is 13.0. The molecule has 1 aliphatic rings. The Kier molecular flexibility index (Phi) is 5.64. The first kappa shape index (κ1) is 15.9. The zero-order chi connectivity index (χ0) is 15.2. The third-order valence-electron chi connectivity index (χ3n) is 3.82. The molecule has 118 valence electrons. The maximum Gasteiger partial charge on any atom is 0.317 e. The van der Waals surface area contributed by atoms with Crippen molar-refractivity contribution in [3.05, 3.63) is 24.2 Å². The summed E-state index contributed by atoms with van der Waals surface area (Å²) in [6.45, 7) is 4.52. The number of nitrogens with one attached hydrogen (secondary N) is 1. The Bertz CT molecular complexity index is 433. The molecule has 1 aliphatic heterocycles. The maximum absolute atomic E-state index is 12.3. The van der Waals surface area contributed by atoms with Gasteiger partial charge in [-0.25, -0.2) is 4.79 Å². The van der Waals surface area contributed by atoms with Crippen LogP contribution in [-0.2, 0) is 4.74 Å². The Morgan fingerprint density at radius 2 is 2.38 bits per heavy atom. The van der Waals surface area contributed by atoms with Crippen LogP contribution in [0.15, 0.2) is 22.8 Å². The van der Waals surface area contributed by atoms with Crippen molar-refractivity contribution in [1.29, 1.82) is 0 Å². The minimum absolute atomic E-state index is 0.0323. The minimum atomic E-state index is -0.0323. The van der Waals surface area contributed by atoms with Crippen LogP contribution in [-0.4, -0.2) is 62.3 Å². The van der Waals surface area contributed by atoms with Gasteiger partial charge in [0.2, 0.25) is 0 Å². The van der Waals surface area contributed by atoms with Crippen LogP contribution in [0.1, 0.15) is 25.1 Å². The predicted molar refractivity (Wildman–Crippen MR) is 80.1 cm³/mol. The van der Waals surface area contributed by atoms with Crippen LogP contribution in [0.3, 0.4) is 0 Å². The Morgan fingerprint density at radius 3 is 3.00 bits per heavy atom. The Hall–Kier alpha value is -1.53. The highest BCUT2D eigenvalue weighted by Crippen LogP contribution is 2.17. The number of furan rings is 1. The first-order valence-electron chi connectivity index (χ1n) is 7.46. The van der Waals surface area contributed by atoms with E-state index >= 15 is 0 Å². The van der Waals surface area contributed by atoms with Crippen molar-refractivity contribution in [2.24, 2.45) is 0 Å². The van der Waals surface area contributed by atoms with Gasteiger partial charge in [0.05, 0.1) is 25.0 Å². The highest BCUT2D eigenvalue weighted by atomic mass is 16.5. The van der Waals surface area contributed by atoms with Crippen molar-refractivity contribution < 1.29 is 13.9 Å². The van der Waals surface area contributed by atoms with Crippen molar-refractivity contribution in [3.63, 3.8) is 0 Å². The minimum Gasteiger partial charge on any atom is -0.468 e. The molecule has 0 aliphatic carbocycles. The summed E-state index contributed by atoms with van der Waals surface area (Å²) in [5.41, 5.74) is 0. The maximum atomic E-state index is 12.3. The second-order valence-corrected chi connectivity index (χ2v) is 5.53. The molecule has 2 rings (SSSR count). The van der Waals surface area contributed by atoms with Crippen molar-refractivity contribution in [2.75, 3.05) is 40.3 Å². The molecule has 2 amide bonds. The molecule has 2 atom stereocenters. The van der Waals surface area contributed by atoms with Crippen LogP contribution in [0.2, 0.25) is 0 Å². The first-order chi connectivity index (χ1) is 10.1. The number of nitrogens with zero attached hydrogens (tertiary/aromatic N) is 2. The van der Waals surface area contributed by atoms with Gasteiger partial charge in [0.25, 0.3) is 0 Å². The molecule has 1 aromatic rings. The summed E-state index contributed by atoms with van der Waals surface area (Å²) in [7, 11) is 3.95. The molecule has 0 bridgehead atoms. The number of morpholine rings is 1. The molecular formula is C15H25N3O3. The fourth-order valence-corrected chi connectivity index (χ4v) is 2.47. The molecule has 0 aromatic carbocycles. The van der Waals surface area contributed by atoms with Crippen LogP contribution in [0.25, 0.3) is 0 Å². The van der Waals surface area contributed by atoms with Crippen LogP contribution in [0, 0.1) is 0 Å².